The van der Waals surface area contributed by atoms with E-state index in [9.17, 15) is 4.79 Å². The Bertz CT molecular complexity index is 419. The molecule has 1 fully saturated rings. The number of hydrogen-bond donors (Lipinski definition) is 1. The van der Waals surface area contributed by atoms with Crippen molar-refractivity contribution < 1.29 is 4.79 Å². The highest BCUT2D eigenvalue weighted by atomic mass is 16.2. The summed E-state index contributed by atoms with van der Waals surface area (Å²) in [6.07, 6.45) is 6.20. The third-order valence-electron chi connectivity index (χ3n) is 4.22. The first kappa shape index (κ1) is 14.9. The molecule has 2 rings (SSSR count). The molecule has 0 atom stereocenters. The maximum absolute atomic E-state index is 12.0. The van der Waals surface area contributed by atoms with Crippen LogP contribution in [-0.2, 0) is 11.2 Å². The van der Waals surface area contributed by atoms with E-state index in [4.69, 9.17) is 5.73 Å². The highest BCUT2D eigenvalue weighted by Crippen LogP contribution is 2.22. The van der Waals surface area contributed by atoms with Crippen LogP contribution < -0.4 is 5.73 Å². The number of nitrogens with zero attached hydrogens (tertiary/aromatic N) is 1. The van der Waals surface area contributed by atoms with Crippen molar-refractivity contribution in [2.75, 3.05) is 18.8 Å². The van der Waals surface area contributed by atoms with Gasteiger partial charge in [-0.1, -0.05) is 25.5 Å². The van der Waals surface area contributed by atoms with E-state index in [1.54, 1.807) is 0 Å². The van der Waals surface area contributed by atoms with Gasteiger partial charge in [0.2, 0.25) is 5.91 Å². The van der Waals surface area contributed by atoms with Crippen LogP contribution in [0.3, 0.4) is 0 Å². The van der Waals surface area contributed by atoms with Crippen LogP contribution in [0.2, 0.25) is 0 Å². The van der Waals surface area contributed by atoms with E-state index in [0.29, 0.717) is 11.8 Å². The Morgan fingerprint density at radius 2 is 1.90 bits per heavy atom. The number of amides is 1. The quantitative estimate of drug-likeness (QED) is 0.838. The molecular formula is C17H26N2O. The topological polar surface area (TPSA) is 46.3 Å². The zero-order chi connectivity index (χ0) is 14.4. The highest BCUT2D eigenvalue weighted by Gasteiger charge is 2.22. The van der Waals surface area contributed by atoms with Crippen molar-refractivity contribution in [2.24, 2.45) is 5.92 Å². The Balaban J connectivity index is 1.76. The lowest BCUT2D eigenvalue weighted by Crippen LogP contribution is -2.38. The summed E-state index contributed by atoms with van der Waals surface area (Å²) in [6.45, 7) is 4.00. The molecule has 0 aliphatic carbocycles. The Labute approximate surface area is 122 Å². The molecule has 0 unspecified atom stereocenters. The van der Waals surface area contributed by atoms with E-state index in [2.05, 4.69) is 24.0 Å². The summed E-state index contributed by atoms with van der Waals surface area (Å²) >= 11 is 0. The van der Waals surface area contributed by atoms with Crippen LogP contribution >= 0.6 is 0 Å². The molecule has 1 saturated heterocycles. The van der Waals surface area contributed by atoms with E-state index in [1.165, 1.54) is 5.56 Å². The number of carbonyl (C=O) groups excluding carboxylic acids is 1. The van der Waals surface area contributed by atoms with E-state index in [0.717, 1.165) is 57.3 Å². The second kappa shape index (κ2) is 7.32. The largest absolute Gasteiger partial charge is 0.399 e. The van der Waals surface area contributed by atoms with Gasteiger partial charge in [0.15, 0.2) is 0 Å². The van der Waals surface area contributed by atoms with Crippen LogP contribution in [0, 0.1) is 5.92 Å². The SMILES string of the molecule is CCCCC(=O)N1CCC(Cc2ccc(N)cc2)CC1. The number of carbonyl (C=O) groups is 1. The van der Waals surface area contributed by atoms with E-state index in [1.807, 2.05) is 12.1 Å². The number of benzene rings is 1. The lowest BCUT2D eigenvalue weighted by atomic mass is 9.90. The minimum Gasteiger partial charge on any atom is -0.399 e. The summed E-state index contributed by atoms with van der Waals surface area (Å²) in [6, 6.07) is 8.18. The Kier molecular flexibility index (Phi) is 5.45. The maximum atomic E-state index is 12.0. The van der Waals surface area contributed by atoms with Crippen LogP contribution in [-0.4, -0.2) is 23.9 Å². The minimum absolute atomic E-state index is 0.345. The second-order valence-corrected chi connectivity index (χ2v) is 5.87. The van der Waals surface area contributed by atoms with Crippen LogP contribution in [0.4, 0.5) is 5.69 Å². The van der Waals surface area contributed by atoms with Crippen molar-refractivity contribution in [3.05, 3.63) is 29.8 Å². The minimum atomic E-state index is 0.345. The lowest BCUT2D eigenvalue weighted by molar-refractivity contribution is -0.132. The van der Waals surface area contributed by atoms with E-state index < -0.39 is 0 Å². The van der Waals surface area contributed by atoms with Crippen LogP contribution in [0.15, 0.2) is 24.3 Å². The van der Waals surface area contributed by atoms with Crippen LogP contribution in [0.25, 0.3) is 0 Å². The molecule has 1 aromatic carbocycles. The van der Waals surface area contributed by atoms with E-state index >= 15 is 0 Å². The molecule has 0 aromatic heterocycles. The predicted molar refractivity (Wildman–Crippen MR) is 83.4 cm³/mol. The average Bonchev–Trinajstić information content (AvgIpc) is 2.48. The molecule has 1 aromatic rings. The van der Waals surface area contributed by atoms with Gasteiger partial charge in [0.1, 0.15) is 0 Å². The van der Waals surface area contributed by atoms with Crippen molar-refractivity contribution in [1.82, 2.24) is 4.90 Å². The summed E-state index contributed by atoms with van der Waals surface area (Å²) in [5.74, 6) is 1.05. The fourth-order valence-electron chi connectivity index (χ4n) is 2.86. The van der Waals surface area contributed by atoms with Gasteiger partial charge in [0.25, 0.3) is 0 Å². The average molecular weight is 274 g/mol. The molecule has 1 heterocycles. The van der Waals surface area contributed by atoms with Gasteiger partial charge in [-0.15, -0.1) is 0 Å². The highest BCUT2D eigenvalue weighted by molar-refractivity contribution is 5.76. The molecular weight excluding hydrogens is 248 g/mol. The number of anilines is 1. The number of unbranched alkanes of at least 4 members (excludes halogenated alkanes) is 1. The van der Waals surface area contributed by atoms with E-state index in [-0.39, 0.29) is 0 Å². The monoisotopic (exact) mass is 274 g/mol. The molecule has 2 N–H and O–H groups in total. The third kappa shape index (κ3) is 4.26. The van der Waals surface area contributed by atoms with Crippen LogP contribution in [0.5, 0.6) is 0 Å². The van der Waals surface area contributed by atoms with Gasteiger partial charge in [-0.2, -0.15) is 0 Å². The molecule has 110 valence electrons. The van der Waals surface area contributed by atoms with Crippen molar-refractivity contribution in [2.45, 2.75) is 45.4 Å². The van der Waals surface area contributed by atoms with Crippen molar-refractivity contribution in [3.8, 4) is 0 Å². The molecule has 1 aliphatic rings. The molecule has 0 spiro atoms. The molecule has 0 saturated carbocycles. The van der Waals surface area contributed by atoms with Gasteiger partial charge in [0, 0.05) is 25.2 Å². The molecule has 20 heavy (non-hydrogen) atoms. The summed E-state index contributed by atoms with van der Waals surface area (Å²) in [7, 11) is 0. The molecule has 3 nitrogen and oxygen atoms in total. The molecule has 0 bridgehead atoms. The van der Waals surface area contributed by atoms with Gasteiger partial charge in [-0.05, 0) is 49.3 Å². The van der Waals surface area contributed by atoms with Crippen molar-refractivity contribution in [1.29, 1.82) is 0 Å². The number of piperidine rings is 1. The molecule has 1 aliphatic heterocycles. The molecule has 3 heteroatoms. The summed E-state index contributed by atoms with van der Waals surface area (Å²) in [4.78, 5) is 14.0. The first-order chi connectivity index (χ1) is 9.69. The summed E-state index contributed by atoms with van der Waals surface area (Å²) < 4.78 is 0. The van der Waals surface area contributed by atoms with Gasteiger partial charge < -0.3 is 10.6 Å². The Hall–Kier alpha value is -1.51. The Morgan fingerprint density at radius 1 is 1.25 bits per heavy atom. The van der Waals surface area contributed by atoms with Gasteiger partial charge in [-0.25, -0.2) is 0 Å². The summed E-state index contributed by atoms with van der Waals surface area (Å²) in [5, 5.41) is 0. The van der Waals surface area contributed by atoms with Gasteiger partial charge in [0.05, 0.1) is 0 Å². The van der Waals surface area contributed by atoms with Crippen molar-refractivity contribution >= 4 is 11.6 Å². The molecule has 0 radical (unpaired) electrons. The zero-order valence-electron chi connectivity index (χ0n) is 12.5. The lowest BCUT2D eigenvalue weighted by Gasteiger charge is -2.32. The zero-order valence-corrected chi connectivity index (χ0v) is 12.5. The first-order valence-electron chi connectivity index (χ1n) is 7.81. The standard InChI is InChI=1S/C17H26N2O/c1-2-3-4-17(20)19-11-9-15(10-12-19)13-14-5-7-16(18)8-6-14/h5-8,15H,2-4,9-13,18H2,1H3. The number of nitrogen functional groups attached to an aromatic ring is 1. The fraction of sp³-hybridized carbons (Fsp3) is 0.588. The number of hydrogen-bond acceptors (Lipinski definition) is 2. The maximum Gasteiger partial charge on any atom is 0.222 e. The predicted octanol–water partition coefficient (Wildman–Crippen LogP) is 3.24. The number of likely N-dealkylation sites (tertiary alicyclic amines) is 1. The number of rotatable bonds is 5. The smallest absolute Gasteiger partial charge is 0.222 e. The fourth-order valence-corrected chi connectivity index (χ4v) is 2.86. The first-order valence-corrected chi connectivity index (χ1v) is 7.81. The number of nitrogens with two attached hydrogens (primary N) is 1. The second-order valence-electron chi connectivity index (χ2n) is 5.87. The van der Waals surface area contributed by atoms with Crippen molar-refractivity contribution in [3.63, 3.8) is 0 Å². The third-order valence-corrected chi connectivity index (χ3v) is 4.22. The van der Waals surface area contributed by atoms with Crippen LogP contribution in [0.1, 0.15) is 44.6 Å². The van der Waals surface area contributed by atoms with Gasteiger partial charge in [-0.3, -0.25) is 4.79 Å². The van der Waals surface area contributed by atoms with Gasteiger partial charge >= 0.3 is 0 Å². The molecule has 1 amide bonds. The summed E-state index contributed by atoms with van der Waals surface area (Å²) in [5.41, 5.74) is 7.89. The normalized spacial score (nSPS) is 16.4. The Morgan fingerprint density at radius 3 is 2.50 bits per heavy atom.